The zero-order chi connectivity index (χ0) is 19.6. The van der Waals surface area contributed by atoms with Crippen molar-refractivity contribution in [3.63, 3.8) is 0 Å². The van der Waals surface area contributed by atoms with Crippen molar-refractivity contribution >= 4 is 22.8 Å². The van der Waals surface area contributed by atoms with Crippen molar-refractivity contribution in [1.29, 1.82) is 0 Å². The molecule has 138 valence electrons. The van der Waals surface area contributed by atoms with Crippen molar-refractivity contribution in [3.05, 3.63) is 65.9 Å². The Kier molecular flexibility index (Phi) is 4.68. The first-order valence-corrected chi connectivity index (χ1v) is 7.62. The Morgan fingerprint density at radius 2 is 1.85 bits per heavy atom. The van der Waals surface area contributed by atoms with Crippen LogP contribution >= 0.6 is 0 Å². The lowest BCUT2D eigenvalue weighted by molar-refractivity contribution is -0.138. The van der Waals surface area contributed by atoms with Crippen molar-refractivity contribution in [2.75, 3.05) is 0 Å². The Morgan fingerprint density at radius 3 is 2.56 bits per heavy atom. The molecule has 3 rings (SSSR count). The van der Waals surface area contributed by atoms with E-state index in [-0.39, 0.29) is 11.3 Å². The predicted molar refractivity (Wildman–Crippen MR) is 93.4 cm³/mol. The highest BCUT2D eigenvalue weighted by Crippen LogP contribution is 2.39. The third-order valence-electron chi connectivity index (χ3n) is 3.56. The Morgan fingerprint density at radius 1 is 1.07 bits per heavy atom. The predicted octanol–water partition coefficient (Wildman–Crippen LogP) is 3.46. The summed E-state index contributed by atoms with van der Waals surface area (Å²) in [6.45, 7) is 0. The van der Waals surface area contributed by atoms with Crippen molar-refractivity contribution in [1.82, 2.24) is 4.98 Å². The summed E-state index contributed by atoms with van der Waals surface area (Å²) < 4.78 is 45.7. The third-order valence-corrected chi connectivity index (χ3v) is 3.56. The molecule has 1 heterocycles. The fourth-order valence-corrected chi connectivity index (χ4v) is 2.40. The standard InChI is InChI=1S/C18H13F3N4O2/c19-18(20,21)13-9-11(16(26)25-17(22)23)3-6-15(13)27-12-4-5-14-10(8-12)2-1-7-24-14/h1-9H,(H4,22,23,25,26). The van der Waals surface area contributed by atoms with Gasteiger partial charge in [-0.05, 0) is 42.5 Å². The second-order valence-corrected chi connectivity index (χ2v) is 5.51. The molecule has 0 saturated carbocycles. The molecule has 0 fully saturated rings. The molecule has 9 heteroatoms. The highest BCUT2D eigenvalue weighted by atomic mass is 19.4. The molecule has 0 radical (unpaired) electrons. The van der Waals surface area contributed by atoms with Crippen LogP contribution in [0.1, 0.15) is 15.9 Å². The molecule has 1 amide bonds. The number of aromatic nitrogens is 1. The summed E-state index contributed by atoms with van der Waals surface area (Å²) in [5.41, 5.74) is 9.42. The summed E-state index contributed by atoms with van der Waals surface area (Å²) in [6.07, 6.45) is -3.14. The highest BCUT2D eigenvalue weighted by Gasteiger charge is 2.35. The minimum absolute atomic E-state index is 0.198. The largest absolute Gasteiger partial charge is 0.457 e. The van der Waals surface area contributed by atoms with E-state index in [9.17, 15) is 18.0 Å². The lowest BCUT2D eigenvalue weighted by atomic mass is 10.1. The summed E-state index contributed by atoms with van der Waals surface area (Å²) in [5, 5.41) is 0.711. The number of hydrogen-bond donors (Lipinski definition) is 2. The fourth-order valence-electron chi connectivity index (χ4n) is 2.40. The van der Waals surface area contributed by atoms with Gasteiger partial charge in [0.05, 0.1) is 11.1 Å². The molecular formula is C18H13F3N4O2. The maximum Gasteiger partial charge on any atom is 0.420 e. The number of alkyl halides is 3. The molecule has 6 nitrogen and oxygen atoms in total. The van der Waals surface area contributed by atoms with Crippen molar-refractivity contribution in [2.45, 2.75) is 6.18 Å². The van der Waals surface area contributed by atoms with Gasteiger partial charge in [0.15, 0.2) is 5.96 Å². The van der Waals surface area contributed by atoms with E-state index in [0.29, 0.717) is 17.0 Å². The molecule has 0 bridgehead atoms. The Labute approximate surface area is 151 Å². The van der Waals surface area contributed by atoms with Gasteiger partial charge < -0.3 is 16.2 Å². The number of amides is 1. The van der Waals surface area contributed by atoms with Gasteiger partial charge in [-0.15, -0.1) is 0 Å². The summed E-state index contributed by atoms with van der Waals surface area (Å²) in [7, 11) is 0. The molecule has 27 heavy (non-hydrogen) atoms. The number of guanidine groups is 1. The van der Waals surface area contributed by atoms with Gasteiger partial charge in [0.25, 0.3) is 5.91 Å². The molecule has 0 saturated heterocycles. The summed E-state index contributed by atoms with van der Waals surface area (Å²) in [6, 6.07) is 11.0. The van der Waals surface area contributed by atoms with Gasteiger partial charge >= 0.3 is 6.18 Å². The lowest BCUT2D eigenvalue weighted by Gasteiger charge is -2.15. The number of fused-ring (bicyclic) bond motifs is 1. The lowest BCUT2D eigenvalue weighted by Crippen LogP contribution is -2.24. The number of ether oxygens (including phenoxy) is 1. The van der Waals surface area contributed by atoms with E-state index in [2.05, 4.69) is 9.98 Å². The number of nitrogens with zero attached hydrogens (tertiary/aromatic N) is 2. The maximum atomic E-state index is 13.4. The number of carbonyl (C=O) groups is 1. The minimum atomic E-state index is -4.75. The number of halogens is 3. The van der Waals surface area contributed by atoms with Crippen LogP contribution in [0.15, 0.2) is 59.7 Å². The molecule has 0 aliphatic rings. The van der Waals surface area contributed by atoms with Gasteiger partial charge in [-0.25, -0.2) is 0 Å². The molecule has 4 N–H and O–H groups in total. The third kappa shape index (κ3) is 4.14. The number of aliphatic imine (C=N–C) groups is 1. The number of hydrogen-bond acceptors (Lipinski definition) is 3. The second kappa shape index (κ2) is 6.94. The van der Waals surface area contributed by atoms with E-state index in [1.54, 1.807) is 30.5 Å². The molecule has 0 atom stereocenters. The average Bonchev–Trinajstić information content (AvgIpc) is 2.60. The smallest absolute Gasteiger partial charge is 0.420 e. The van der Waals surface area contributed by atoms with Crippen LogP contribution in [-0.4, -0.2) is 16.9 Å². The second-order valence-electron chi connectivity index (χ2n) is 5.51. The fraction of sp³-hybridized carbons (Fsp3) is 0.0556. The van der Waals surface area contributed by atoms with E-state index >= 15 is 0 Å². The molecule has 0 aliphatic heterocycles. The highest BCUT2D eigenvalue weighted by molar-refractivity contribution is 6.02. The zero-order valence-electron chi connectivity index (χ0n) is 13.7. The van der Waals surface area contributed by atoms with Crippen LogP contribution in [0.4, 0.5) is 13.2 Å². The van der Waals surface area contributed by atoms with E-state index in [0.717, 1.165) is 12.1 Å². The number of benzene rings is 2. The van der Waals surface area contributed by atoms with Crippen molar-refractivity contribution < 1.29 is 22.7 Å². The number of nitrogens with two attached hydrogens (primary N) is 2. The molecular weight excluding hydrogens is 361 g/mol. The van der Waals surface area contributed by atoms with Gasteiger partial charge in [0.2, 0.25) is 0 Å². The van der Waals surface area contributed by atoms with Crippen LogP contribution in [0.5, 0.6) is 11.5 Å². The van der Waals surface area contributed by atoms with Gasteiger partial charge in [-0.3, -0.25) is 9.78 Å². The minimum Gasteiger partial charge on any atom is -0.457 e. The van der Waals surface area contributed by atoms with Crippen LogP contribution in [0.2, 0.25) is 0 Å². The Hall–Kier alpha value is -3.62. The first-order valence-electron chi connectivity index (χ1n) is 7.62. The number of pyridine rings is 1. The number of carbonyl (C=O) groups excluding carboxylic acids is 1. The monoisotopic (exact) mass is 374 g/mol. The van der Waals surface area contributed by atoms with Gasteiger partial charge in [0, 0.05) is 17.1 Å². The van der Waals surface area contributed by atoms with E-state index in [1.165, 1.54) is 6.07 Å². The summed E-state index contributed by atoms with van der Waals surface area (Å²) >= 11 is 0. The SMILES string of the molecule is NC(N)=NC(=O)c1ccc(Oc2ccc3ncccc3c2)c(C(F)(F)F)c1. The number of rotatable bonds is 3. The van der Waals surface area contributed by atoms with E-state index in [4.69, 9.17) is 16.2 Å². The average molecular weight is 374 g/mol. The van der Waals surface area contributed by atoms with Crippen molar-refractivity contribution in [3.8, 4) is 11.5 Å². The molecule has 0 spiro atoms. The van der Waals surface area contributed by atoms with Crippen LogP contribution in [0.25, 0.3) is 10.9 Å². The Balaban J connectivity index is 2.00. The molecule has 3 aromatic rings. The Bertz CT molecular complexity index is 1040. The van der Waals surface area contributed by atoms with Crippen LogP contribution in [0.3, 0.4) is 0 Å². The normalized spacial score (nSPS) is 11.2. The zero-order valence-corrected chi connectivity index (χ0v) is 13.7. The summed E-state index contributed by atoms with van der Waals surface area (Å²) in [5.74, 6) is -1.78. The first-order chi connectivity index (χ1) is 12.7. The van der Waals surface area contributed by atoms with E-state index < -0.39 is 29.4 Å². The van der Waals surface area contributed by atoms with Crippen LogP contribution < -0.4 is 16.2 Å². The first kappa shape index (κ1) is 18.2. The van der Waals surface area contributed by atoms with Crippen LogP contribution in [-0.2, 0) is 6.18 Å². The molecule has 0 aliphatic carbocycles. The quantitative estimate of drug-likeness (QED) is 0.540. The van der Waals surface area contributed by atoms with Gasteiger partial charge in [-0.2, -0.15) is 18.2 Å². The van der Waals surface area contributed by atoms with Gasteiger partial charge in [-0.1, -0.05) is 6.07 Å². The topological polar surface area (TPSA) is 104 Å². The molecule has 2 aromatic carbocycles. The molecule has 1 aromatic heterocycles. The molecule has 0 unspecified atom stereocenters. The van der Waals surface area contributed by atoms with Gasteiger partial charge in [0.1, 0.15) is 11.5 Å². The maximum absolute atomic E-state index is 13.4. The van der Waals surface area contributed by atoms with Crippen LogP contribution in [0, 0.1) is 0 Å². The van der Waals surface area contributed by atoms with Crippen molar-refractivity contribution in [2.24, 2.45) is 16.5 Å². The summed E-state index contributed by atoms with van der Waals surface area (Å²) in [4.78, 5) is 19.2. The van der Waals surface area contributed by atoms with E-state index in [1.807, 2.05) is 0 Å².